The smallest absolute Gasteiger partial charge is 0.317 e. The van der Waals surface area contributed by atoms with Crippen LogP contribution in [0, 0.1) is 0 Å². The molecule has 0 spiro atoms. The van der Waals surface area contributed by atoms with Crippen LogP contribution in [-0.4, -0.2) is 70.3 Å². The number of nitrogens with zero attached hydrogens (tertiary/aromatic N) is 1. The monoisotopic (exact) mass is 324 g/mol. The van der Waals surface area contributed by atoms with E-state index in [1.54, 1.807) is 0 Å². The van der Waals surface area contributed by atoms with Gasteiger partial charge in [0.2, 0.25) is 0 Å². The van der Waals surface area contributed by atoms with Gasteiger partial charge in [-0.25, -0.2) is 0 Å². The second-order valence-electron chi connectivity index (χ2n) is 5.06. The van der Waals surface area contributed by atoms with Gasteiger partial charge >= 0.3 is 17.9 Å². The number of rotatable bonds is 11. The molecule has 8 heteroatoms. The lowest BCUT2D eigenvalue weighted by atomic mass is 10.0. The Bertz CT molecular complexity index is 518. The maximum Gasteiger partial charge on any atom is 0.317 e. The molecule has 0 saturated carbocycles. The molecular formula is C15H20N2O6. The van der Waals surface area contributed by atoms with Gasteiger partial charge in [-0.2, -0.15) is 0 Å². The highest BCUT2D eigenvalue weighted by molar-refractivity contribution is 5.72. The van der Waals surface area contributed by atoms with Crippen molar-refractivity contribution >= 4 is 17.9 Å². The summed E-state index contributed by atoms with van der Waals surface area (Å²) in [4.78, 5) is 33.9. The summed E-state index contributed by atoms with van der Waals surface area (Å²) in [5.41, 5.74) is 0.912. The van der Waals surface area contributed by atoms with Gasteiger partial charge < -0.3 is 20.6 Å². The standard InChI is InChI=1S/C15H20N2O6/c18-13(19)8-16-7-12(6-11-4-2-1-3-5-11)17(9-14(20)21)10-15(22)23/h1-5,12,16H,6-10H2,(H,18,19)(H,20,21)(H,22,23). The van der Waals surface area contributed by atoms with Gasteiger partial charge in [-0.05, 0) is 12.0 Å². The molecule has 0 amide bonds. The molecule has 1 rings (SSSR count). The van der Waals surface area contributed by atoms with E-state index in [2.05, 4.69) is 5.32 Å². The lowest BCUT2D eigenvalue weighted by molar-refractivity contribution is -0.143. The Kier molecular flexibility index (Phi) is 7.72. The Morgan fingerprint density at radius 1 is 0.957 bits per heavy atom. The molecule has 0 aliphatic heterocycles. The predicted molar refractivity (Wildman–Crippen MR) is 81.3 cm³/mol. The van der Waals surface area contributed by atoms with Gasteiger partial charge in [-0.1, -0.05) is 30.3 Å². The van der Waals surface area contributed by atoms with Crippen LogP contribution in [0.3, 0.4) is 0 Å². The maximum absolute atomic E-state index is 11.0. The fourth-order valence-electron chi connectivity index (χ4n) is 2.22. The first-order chi connectivity index (χ1) is 10.9. The molecule has 0 aromatic heterocycles. The second-order valence-corrected chi connectivity index (χ2v) is 5.06. The normalized spacial score (nSPS) is 12.0. The van der Waals surface area contributed by atoms with E-state index >= 15 is 0 Å². The van der Waals surface area contributed by atoms with Crippen LogP contribution in [0.25, 0.3) is 0 Å². The summed E-state index contributed by atoms with van der Waals surface area (Å²) < 4.78 is 0. The van der Waals surface area contributed by atoms with Gasteiger partial charge in [0.25, 0.3) is 0 Å². The first-order valence-corrected chi connectivity index (χ1v) is 7.02. The maximum atomic E-state index is 11.0. The van der Waals surface area contributed by atoms with Gasteiger partial charge in [-0.3, -0.25) is 19.3 Å². The van der Waals surface area contributed by atoms with Gasteiger partial charge in [0.1, 0.15) is 0 Å². The average Bonchev–Trinajstić information content (AvgIpc) is 2.45. The summed E-state index contributed by atoms with van der Waals surface area (Å²) in [7, 11) is 0. The molecule has 0 heterocycles. The SMILES string of the molecule is O=C(O)CNCC(Cc1ccccc1)N(CC(=O)O)CC(=O)O. The molecule has 1 atom stereocenters. The topological polar surface area (TPSA) is 127 Å². The molecule has 0 bridgehead atoms. The molecule has 8 nitrogen and oxygen atoms in total. The second kappa shape index (κ2) is 9.54. The van der Waals surface area contributed by atoms with Crippen LogP contribution in [0.4, 0.5) is 0 Å². The number of benzene rings is 1. The summed E-state index contributed by atoms with van der Waals surface area (Å²) in [6, 6.07) is 8.75. The zero-order chi connectivity index (χ0) is 17.2. The van der Waals surface area contributed by atoms with Gasteiger partial charge in [0, 0.05) is 12.6 Å². The van der Waals surface area contributed by atoms with Crippen molar-refractivity contribution in [1.82, 2.24) is 10.2 Å². The zero-order valence-electron chi connectivity index (χ0n) is 12.5. The third-order valence-electron chi connectivity index (χ3n) is 3.16. The van der Waals surface area contributed by atoms with E-state index in [4.69, 9.17) is 15.3 Å². The van der Waals surface area contributed by atoms with Gasteiger partial charge in [0.15, 0.2) is 0 Å². The van der Waals surface area contributed by atoms with Crippen LogP contribution >= 0.6 is 0 Å². The van der Waals surface area contributed by atoms with E-state index in [0.29, 0.717) is 6.42 Å². The van der Waals surface area contributed by atoms with Crippen molar-refractivity contribution in [1.29, 1.82) is 0 Å². The van der Waals surface area contributed by atoms with Gasteiger partial charge in [-0.15, -0.1) is 0 Å². The third kappa shape index (κ3) is 7.93. The van der Waals surface area contributed by atoms with Crippen molar-refractivity contribution in [2.75, 3.05) is 26.2 Å². The van der Waals surface area contributed by atoms with Crippen LogP contribution in [-0.2, 0) is 20.8 Å². The molecule has 23 heavy (non-hydrogen) atoms. The lowest BCUT2D eigenvalue weighted by Crippen LogP contribution is -2.48. The van der Waals surface area contributed by atoms with Crippen LogP contribution in [0.2, 0.25) is 0 Å². The minimum atomic E-state index is -1.14. The molecule has 0 saturated heterocycles. The summed E-state index contributed by atoms with van der Waals surface area (Å²) in [5, 5.41) is 29.3. The van der Waals surface area contributed by atoms with E-state index in [-0.39, 0.29) is 13.1 Å². The van der Waals surface area contributed by atoms with E-state index in [0.717, 1.165) is 5.56 Å². The minimum Gasteiger partial charge on any atom is -0.480 e. The van der Waals surface area contributed by atoms with E-state index in [1.807, 2.05) is 30.3 Å². The molecule has 0 radical (unpaired) electrons. The van der Waals surface area contributed by atoms with Gasteiger partial charge in [0.05, 0.1) is 19.6 Å². The first kappa shape index (κ1) is 18.6. The molecule has 1 unspecified atom stereocenters. The molecule has 0 fully saturated rings. The predicted octanol–water partition coefficient (Wildman–Crippen LogP) is -0.257. The summed E-state index contributed by atoms with van der Waals surface area (Å²) in [6.45, 7) is -0.974. The lowest BCUT2D eigenvalue weighted by Gasteiger charge is -2.29. The highest BCUT2D eigenvalue weighted by Gasteiger charge is 2.23. The molecule has 1 aromatic carbocycles. The fourth-order valence-corrected chi connectivity index (χ4v) is 2.22. The minimum absolute atomic E-state index is 0.168. The fraction of sp³-hybridized carbons (Fsp3) is 0.400. The summed E-state index contributed by atoms with van der Waals surface area (Å²) >= 11 is 0. The van der Waals surface area contributed by atoms with Crippen molar-refractivity contribution in [2.45, 2.75) is 12.5 Å². The Labute approximate surface area is 133 Å². The zero-order valence-corrected chi connectivity index (χ0v) is 12.5. The van der Waals surface area contributed by atoms with E-state index in [1.165, 1.54) is 4.90 Å². The molecule has 126 valence electrons. The number of hydrogen-bond donors (Lipinski definition) is 4. The quantitative estimate of drug-likeness (QED) is 0.438. The number of hydrogen-bond acceptors (Lipinski definition) is 5. The molecule has 0 aliphatic carbocycles. The highest BCUT2D eigenvalue weighted by atomic mass is 16.4. The van der Waals surface area contributed by atoms with Crippen LogP contribution in [0.5, 0.6) is 0 Å². The Morgan fingerprint density at radius 2 is 1.52 bits per heavy atom. The van der Waals surface area contributed by atoms with E-state index in [9.17, 15) is 14.4 Å². The Balaban J connectivity index is 2.85. The number of nitrogens with one attached hydrogen (secondary N) is 1. The average molecular weight is 324 g/mol. The van der Waals surface area contributed by atoms with Crippen molar-refractivity contribution in [3.63, 3.8) is 0 Å². The summed E-state index contributed by atoms with van der Waals surface area (Å²) in [5.74, 6) is -3.31. The van der Waals surface area contributed by atoms with Crippen LogP contribution < -0.4 is 5.32 Å². The van der Waals surface area contributed by atoms with Crippen molar-refractivity contribution < 1.29 is 29.7 Å². The Morgan fingerprint density at radius 3 is 2.00 bits per heavy atom. The molecule has 0 aliphatic rings. The molecule has 4 N–H and O–H groups in total. The van der Waals surface area contributed by atoms with Crippen LogP contribution in [0.15, 0.2) is 30.3 Å². The largest absolute Gasteiger partial charge is 0.480 e. The molecule has 1 aromatic rings. The third-order valence-corrected chi connectivity index (χ3v) is 3.16. The number of carboxylic acid groups (broad SMARTS) is 3. The van der Waals surface area contributed by atoms with E-state index < -0.39 is 37.0 Å². The number of aliphatic carboxylic acids is 3. The van der Waals surface area contributed by atoms with Crippen LogP contribution in [0.1, 0.15) is 5.56 Å². The van der Waals surface area contributed by atoms with Crippen molar-refractivity contribution in [3.8, 4) is 0 Å². The van der Waals surface area contributed by atoms with Crippen molar-refractivity contribution in [3.05, 3.63) is 35.9 Å². The summed E-state index contributed by atoms with van der Waals surface area (Å²) in [6.07, 6.45) is 0.411. The van der Waals surface area contributed by atoms with Crippen molar-refractivity contribution in [2.24, 2.45) is 0 Å². The Hall–Kier alpha value is -2.45. The highest BCUT2D eigenvalue weighted by Crippen LogP contribution is 2.09. The first-order valence-electron chi connectivity index (χ1n) is 7.02. The number of carbonyl (C=O) groups is 3. The number of carboxylic acids is 3. The molecular weight excluding hydrogens is 304 g/mol.